The fourth-order valence-corrected chi connectivity index (χ4v) is 1.32. The van der Waals surface area contributed by atoms with Crippen molar-refractivity contribution in [2.24, 2.45) is 0 Å². The summed E-state index contributed by atoms with van der Waals surface area (Å²) < 4.78 is 5.03. The number of hydrogen-bond acceptors (Lipinski definition) is 4. The first-order valence-corrected chi connectivity index (χ1v) is 4.44. The summed E-state index contributed by atoms with van der Waals surface area (Å²) >= 11 is 0. The van der Waals surface area contributed by atoms with Crippen LogP contribution in [0.3, 0.4) is 0 Å². The quantitative estimate of drug-likeness (QED) is 0.637. The van der Waals surface area contributed by atoms with Gasteiger partial charge in [0.05, 0.1) is 24.7 Å². The SMILES string of the molecule is Cc1ncc(N2CCOCC2=O)cn1. The molecule has 1 saturated heterocycles. The third-order valence-corrected chi connectivity index (χ3v) is 2.06. The highest BCUT2D eigenvalue weighted by Crippen LogP contribution is 2.13. The van der Waals surface area contributed by atoms with Crippen LogP contribution >= 0.6 is 0 Å². The second-order valence-electron chi connectivity index (χ2n) is 3.09. The lowest BCUT2D eigenvalue weighted by Crippen LogP contribution is -2.41. The minimum atomic E-state index is -0.0382. The molecule has 0 radical (unpaired) electrons. The molecular weight excluding hydrogens is 182 g/mol. The molecular formula is C9H11N3O2. The third kappa shape index (κ3) is 1.72. The number of ether oxygens (including phenoxy) is 1. The summed E-state index contributed by atoms with van der Waals surface area (Å²) in [4.78, 5) is 21.2. The van der Waals surface area contributed by atoms with Gasteiger partial charge in [0.1, 0.15) is 12.4 Å². The van der Waals surface area contributed by atoms with Gasteiger partial charge in [-0.25, -0.2) is 9.97 Å². The molecule has 1 aliphatic heterocycles. The van der Waals surface area contributed by atoms with Crippen molar-refractivity contribution < 1.29 is 9.53 Å². The summed E-state index contributed by atoms with van der Waals surface area (Å²) in [5.74, 6) is 0.665. The zero-order valence-corrected chi connectivity index (χ0v) is 7.93. The van der Waals surface area contributed by atoms with E-state index in [-0.39, 0.29) is 12.5 Å². The van der Waals surface area contributed by atoms with Crippen LogP contribution in [0.2, 0.25) is 0 Å². The Morgan fingerprint density at radius 3 is 2.79 bits per heavy atom. The van der Waals surface area contributed by atoms with Crippen molar-refractivity contribution in [3.63, 3.8) is 0 Å². The smallest absolute Gasteiger partial charge is 0.253 e. The average molecular weight is 193 g/mol. The molecule has 0 aliphatic carbocycles. The molecule has 74 valence electrons. The van der Waals surface area contributed by atoms with Crippen LogP contribution in [0.4, 0.5) is 5.69 Å². The molecule has 5 nitrogen and oxygen atoms in total. The largest absolute Gasteiger partial charge is 0.370 e. The van der Waals surface area contributed by atoms with Crippen LogP contribution in [0.15, 0.2) is 12.4 Å². The van der Waals surface area contributed by atoms with Gasteiger partial charge in [0.25, 0.3) is 5.91 Å². The number of nitrogens with zero attached hydrogens (tertiary/aromatic N) is 3. The monoisotopic (exact) mass is 193 g/mol. The normalized spacial score (nSPS) is 17.2. The Balaban J connectivity index is 2.20. The Kier molecular flexibility index (Phi) is 2.41. The third-order valence-electron chi connectivity index (χ3n) is 2.06. The molecule has 2 heterocycles. The van der Waals surface area contributed by atoms with E-state index in [1.807, 2.05) is 6.92 Å². The molecule has 5 heteroatoms. The van der Waals surface area contributed by atoms with Gasteiger partial charge in [0, 0.05) is 6.54 Å². The molecule has 1 aromatic rings. The minimum Gasteiger partial charge on any atom is -0.370 e. The van der Waals surface area contributed by atoms with Crippen molar-refractivity contribution in [3.05, 3.63) is 18.2 Å². The van der Waals surface area contributed by atoms with E-state index < -0.39 is 0 Å². The average Bonchev–Trinajstić information content (AvgIpc) is 2.20. The Labute approximate surface area is 81.7 Å². The van der Waals surface area contributed by atoms with Crippen LogP contribution in [0.5, 0.6) is 0 Å². The van der Waals surface area contributed by atoms with Crippen LogP contribution in [0.1, 0.15) is 5.82 Å². The van der Waals surface area contributed by atoms with Crippen molar-refractivity contribution in [2.75, 3.05) is 24.7 Å². The standard InChI is InChI=1S/C9H11N3O2/c1-7-10-4-8(5-11-7)12-2-3-14-6-9(12)13/h4-5H,2-3,6H2,1H3. The summed E-state index contributed by atoms with van der Waals surface area (Å²) in [6.07, 6.45) is 3.32. The number of morpholine rings is 1. The first kappa shape index (κ1) is 9.08. The molecule has 0 spiro atoms. The van der Waals surface area contributed by atoms with Gasteiger partial charge in [0.15, 0.2) is 0 Å². The Morgan fingerprint density at radius 2 is 2.14 bits per heavy atom. The van der Waals surface area contributed by atoms with E-state index in [1.165, 1.54) is 0 Å². The van der Waals surface area contributed by atoms with Crippen LogP contribution in [-0.2, 0) is 9.53 Å². The van der Waals surface area contributed by atoms with E-state index in [9.17, 15) is 4.79 Å². The lowest BCUT2D eigenvalue weighted by molar-refractivity contribution is -0.125. The van der Waals surface area contributed by atoms with Crippen molar-refractivity contribution in [3.8, 4) is 0 Å². The van der Waals surface area contributed by atoms with Crippen LogP contribution in [0, 0.1) is 6.92 Å². The molecule has 0 aromatic carbocycles. The molecule has 0 atom stereocenters. The molecule has 0 unspecified atom stereocenters. The van der Waals surface area contributed by atoms with Crippen molar-refractivity contribution in [1.82, 2.24) is 9.97 Å². The lowest BCUT2D eigenvalue weighted by atomic mass is 10.3. The number of carbonyl (C=O) groups excluding carboxylic acids is 1. The number of hydrogen-bond donors (Lipinski definition) is 0. The van der Waals surface area contributed by atoms with Gasteiger partial charge in [-0.15, -0.1) is 0 Å². The number of amides is 1. The summed E-state index contributed by atoms with van der Waals surface area (Å²) in [6.45, 7) is 3.10. The molecule has 14 heavy (non-hydrogen) atoms. The van der Waals surface area contributed by atoms with E-state index in [0.717, 1.165) is 5.69 Å². The van der Waals surface area contributed by atoms with Crippen molar-refractivity contribution >= 4 is 11.6 Å². The molecule has 1 fully saturated rings. The van der Waals surface area contributed by atoms with Crippen LogP contribution in [-0.4, -0.2) is 35.6 Å². The molecule has 1 aromatic heterocycles. The van der Waals surface area contributed by atoms with Crippen molar-refractivity contribution in [1.29, 1.82) is 0 Å². The zero-order chi connectivity index (χ0) is 9.97. The zero-order valence-electron chi connectivity index (χ0n) is 7.93. The van der Waals surface area contributed by atoms with E-state index in [0.29, 0.717) is 19.0 Å². The van der Waals surface area contributed by atoms with Gasteiger partial charge in [-0.05, 0) is 6.92 Å². The van der Waals surface area contributed by atoms with Gasteiger partial charge < -0.3 is 9.64 Å². The fourth-order valence-electron chi connectivity index (χ4n) is 1.32. The van der Waals surface area contributed by atoms with Gasteiger partial charge in [0.2, 0.25) is 0 Å². The Hall–Kier alpha value is -1.49. The highest BCUT2D eigenvalue weighted by atomic mass is 16.5. The summed E-state index contributed by atoms with van der Waals surface area (Å²) in [5.41, 5.74) is 0.740. The van der Waals surface area contributed by atoms with Crippen LogP contribution < -0.4 is 4.90 Å². The number of aryl methyl sites for hydroxylation is 1. The minimum absolute atomic E-state index is 0.0382. The van der Waals surface area contributed by atoms with Gasteiger partial charge in [-0.2, -0.15) is 0 Å². The summed E-state index contributed by atoms with van der Waals surface area (Å²) in [5, 5.41) is 0. The number of carbonyl (C=O) groups is 1. The van der Waals surface area contributed by atoms with Gasteiger partial charge >= 0.3 is 0 Å². The van der Waals surface area contributed by atoms with Crippen LogP contribution in [0.25, 0.3) is 0 Å². The fraction of sp³-hybridized carbons (Fsp3) is 0.444. The van der Waals surface area contributed by atoms with Gasteiger partial charge in [-0.3, -0.25) is 4.79 Å². The van der Waals surface area contributed by atoms with E-state index in [4.69, 9.17) is 4.74 Å². The molecule has 0 saturated carbocycles. The topological polar surface area (TPSA) is 55.3 Å². The molecule has 1 amide bonds. The first-order chi connectivity index (χ1) is 6.77. The maximum absolute atomic E-state index is 11.4. The van der Waals surface area contributed by atoms with Crippen molar-refractivity contribution in [2.45, 2.75) is 6.92 Å². The second-order valence-corrected chi connectivity index (χ2v) is 3.09. The van der Waals surface area contributed by atoms with E-state index in [1.54, 1.807) is 17.3 Å². The van der Waals surface area contributed by atoms with Gasteiger partial charge in [-0.1, -0.05) is 0 Å². The molecule has 0 bridgehead atoms. The maximum atomic E-state index is 11.4. The predicted octanol–water partition coefficient (Wildman–Crippen LogP) is 0.148. The first-order valence-electron chi connectivity index (χ1n) is 4.44. The molecule has 2 rings (SSSR count). The maximum Gasteiger partial charge on any atom is 0.253 e. The second kappa shape index (κ2) is 3.71. The van der Waals surface area contributed by atoms with E-state index in [2.05, 4.69) is 9.97 Å². The highest BCUT2D eigenvalue weighted by molar-refractivity contribution is 5.94. The van der Waals surface area contributed by atoms with E-state index >= 15 is 0 Å². The Morgan fingerprint density at radius 1 is 1.43 bits per heavy atom. The molecule has 1 aliphatic rings. The predicted molar refractivity (Wildman–Crippen MR) is 49.9 cm³/mol. The Bertz CT molecular complexity index is 336. The number of aromatic nitrogens is 2. The highest BCUT2D eigenvalue weighted by Gasteiger charge is 2.20. The number of anilines is 1. The molecule has 0 N–H and O–H groups in total. The lowest BCUT2D eigenvalue weighted by Gasteiger charge is -2.26. The summed E-state index contributed by atoms with van der Waals surface area (Å²) in [7, 11) is 0. The number of rotatable bonds is 1. The summed E-state index contributed by atoms with van der Waals surface area (Å²) in [6, 6.07) is 0.